The lowest BCUT2D eigenvalue weighted by molar-refractivity contribution is -0.138. The van der Waals surface area contributed by atoms with Crippen molar-refractivity contribution in [3.05, 3.63) is 132 Å². The van der Waals surface area contributed by atoms with Crippen molar-refractivity contribution in [2.75, 3.05) is 6.61 Å². The van der Waals surface area contributed by atoms with Crippen molar-refractivity contribution in [2.45, 2.75) is 13.0 Å². The number of carbonyl (C=O) groups excluding carboxylic acids is 1. The standard InChI is InChI=1S/C28H21ClN2O3S/c1-2-34-27(33)23-24(18-11-5-3-6-12-18)30-28-31(25(23)19-13-7-4-8-14-19)26(32)22(35-28)17-20-15-9-10-16-21(20)29/h3-17,25H,2H2,1H3/b22-17-/t25-/m1/s1. The highest BCUT2D eigenvalue weighted by Gasteiger charge is 2.35. The van der Waals surface area contributed by atoms with Gasteiger partial charge in [-0.1, -0.05) is 102 Å². The molecule has 0 fully saturated rings. The summed E-state index contributed by atoms with van der Waals surface area (Å²) >= 11 is 7.62. The van der Waals surface area contributed by atoms with Gasteiger partial charge in [0, 0.05) is 10.6 Å². The summed E-state index contributed by atoms with van der Waals surface area (Å²) in [5.41, 5.74) is 2.91. The van der Waals surface area contributed by atoms with Gasteiger partial charge in [0.25, 0.3) is 5.56 Å². The van der Waals surface area contributed by atoms with Crippen LogP contribution in [0.2, 0.25) is 5.02 Å². The first-order valence-electron chi connectivity index (χ1n) is 11.2. The van der Waals surface area contributed by atoms with Crippen molar-refractivity contribution >= 4 is 40.7 Å². The van der Waals surface area contributed by atoms with Crippen LogP contribution >= 0.6 is 22.9 Å². The molecule has 35 heavy (non-hydrogen) atoms. The highest BCUT2D eigenvalue weighted by Crippen LogP contribution is 2.35. The Labute approximate surface area is 210 Å². The number of benzene rings is 3. The number of halogens is 1. The molecule has 5 nitrogen and oxygen atoms in total. The van der Waals surface area contributed by atoms with Crippen LogP contribution in [0.4, 0.5) is 0 Å². The van der Waals surface area contributed by atoms with Gasteiger partial charge in [0.15, 0.2) is 4.80 Å². The molecule has 7 heteroatoms. The smallest absolute Gasteiger partial charge is 0.338 e. The van der Waals surface area contributed by atoms with E-state index in [1.165, 1.54) is 11.3 Å². The molecule has 5 rings (SSSR count). The second kappa shape index (κ2) is 9.86. The summed E-state index contributed by atoms with van der Waals surface area (Å²) in [5.74, 6) is -0.496. The molecule has 0 amide bonds. The molecule has 0 N–H and O–H groups in total. The topological polar surface area (TPSA) is 60.7 Å². The summed E-state index contributed by atoms with van der Waals surface area (Å²) in [4.78, 5) is 32.4. The lowest BCUT2D eigenvalue weighted by Crippen LogP contribution is -2.40. The molecule has 0 aliphatic carbocycles. The Balaban J connectivity index is 1.84. The van der Waals surface area contributed by atoms with Crippen LogP contribution in [-0.4, -0.2) is 17.1 Å². The van der Waals surface area contributed by atoms with Crippen molar-refractivity contribution in [3.8, 4) is 0 Å². The molecule has 0 saturated heterocycles. The third kappa shape index (κ3) is 4.38. The Morgan fingerprint density at radius 3 is 2.37 bits per heavy atom. The van der Waals surface area contributed by atoms with E-state index in [4.69, 9.17) is 21.3 Å². The molecule has 0 unspecified atom stereocenters. The Kier molecular flexibility index (Phi) is 6.49. The van der Waals surface area contributed by atoms with E-state index in [1.54, 1.807) is 23.6 Å². The fourth-order valence-corrected chi connectivity index (χ4v) is 5.31. The average molecular weight is 501 g/mol. The summed E-state index contributed by atoms with van der Waals surface area (Å²) < 4.78 is 7.53. The first-order chi connectivity index (χ1) is 17.1. The van der Waals surface area contributed by atoms with E-state index >= 15 is 0 Å². The van der Waals surface area contributed by atoms with Crippen LogP contribution < -0.4 is 14.9 Å². The second-order valence-electron chi connectivity index (χ2n) is 7.86. The number of esters is 1. The summed E-state index contributed by atoms with van der Waals surface area (Å²) in [6.45, 7) is 1.97. The van der Waals surface area contributed by atoms with Crippen molar-refractivity contribution in [2.24, 2.45) is 4.99 Å². The van der Waals surface area contributed by atoms with Gasteiger partial charge < -0.3 is 4.74 Å². The molecule has 0 radical (unpaired) electrons. The van der Waals surface area contributed by atoms with Crippen LogP contribution in [0.3, 0.4) is 0 Å². The maximum atomic E-state index is 13.7. The zero-order valence-electron chi connectivity index (χ0n) is 18.9. The van der Waals surface area contributed by atoms with E-state index in [9.17, 15) is 9.59 Å². The van der Waals surface area contributed by atoms with Gasteiger partial charge in [-0.2, -0.15) is 0 Å². The highest BCUT2D eigenvalue weighted by atomic mass is 35.5. The minimum atomic E-state index is -0.685. The number of nitrogens with zero attached hydrogens (tertiary/aromatic N) is 2. The Morgan fingerprint density at radius 1 is 1.03 bits per heavy atom. The normalized spacial score (nSPS) is 15.5. The lowest BCUT2D eigenvalue weighted by atomic mass is 9.93. The summed E-state index contributed by atoms with van der Waals surface area (Å²) in [7, 11) is 0. The molecule has 0 bridgehead atoms. The molecule has 1 aliphatic heterocycles. The predicted molar refractivity (Wildman–Crippen MR) is 139 cm³/mol. The Morgan fingerprint density at radius 2 is 1.69 bits per heavy atom. The molecular weight excluding hydrogens is 480 g/mol. The van der Waals surface area contributed by atoms with Crippen LogP contribution in [0.25, 0.3) is 11.8 Å². The van der Waals surface area contributed by atoms with Crippen LogP contribution in [0.1, 0.15) is 29.7 Å². The van der Waals surface area contributed by atoms with E-state index in [0.717, 1.165) is 16.7 Å². The van der Waals surface area contributed by atoms with Crippen LogP contribution in [0, 0.1) is 0 Å². The van der Waals surface area contributed by atoms with E-state index < -0.39 is 12.0 Å². The van der Waals surface area contributed by atoms with Crippen LogP contribution in [0.5, 0.6) is 0 Å². The van der Waals surface area contributed by atoms with Crippen molar-refractivity contribution in [1.29, 1.82) is 0 Å². The van der Waals surface area contributed by atoms with Gasteiger partial charge in [-0.25, -0.2) is 9.79 Å². The number of carbonyl (C=O) groups is 1. The zero-order chi connectivity index (χ0) is 24.4. The first-order valence-corrected chi connectivity index (χ1v) is 12.4. The van der Waals surface area contributed by atoms with E-state index in [0.29, 0.717) is 25.6 Å². The molecule has 1 aromatic heterocycles. The molecule has 3 aromatic carbocycles. The lowest BCUT2D eigenvalue weighted by Gasteiger charge is -2.25. The van der Waals surface area contributed by atoms with Crippen LogP contribution in [-0.2, 0) is 9.53 Å². The monoisotopic (exact) mass is 500 g/mol. The first kappa shape index (κ1) is 23.0. The molecular formula is C28H21ClN2O3S. The largest absolute Gasteiger partial charge is 0.463 e. The second-order valence-corrected chi connectivity index (χ2v) is 9.28. The fraction of sp³-hybridized carbons (Fsp3) is 0.107. The number of thiazole rings is 1. The van der Waals surface area contributed by atoms with Gasteiger partial charge in [-0.15, -0.1) is 0 Å². The summed E-state index contributed by atoms with van der Waals surface area (Å²) in [6.07, 6.45) is 1.77. The SMILES string of the molecule is CCOC(=O)C1=C(c2ccccc2)N=c2s/c(=C\c3ccccc3Cl)c(=O)n2[C@@H]1c1ccccc1. The number of fused-ring (bicyclic) bond motifs is 1. The number of rotatable bonds is 5. The molecule has 2 heterocycles. The quantitative estimate of drug-likeness (QED) is 0.377. The molecule has 4 aromatic rings. The number of hydrogen-bond donors (Lipinski definition) is 0. The molecule has 1 aliphatic rings. The van der Waals surface area contributed by atoms with Gasteiger partial charge in [0.1, 0.15) is 0 Å². The van der Waals surface area contributed by atoms with E-state index in [2.05, 4.69) is 0 Å². The van der Waals surface area contributed by atoms with Crippen molar-refractivity contribution in [1.82, 2.24) is 4.57 Å². The highest BCUT2D eigenvalue weighted by molar-refractivity contribution is 7.07. The Bertz CT molecular complexity index is 1610. The average Bonchev–Trinajstić information content (AvgIpc) is 3.20. The number of ether oxygens (including phenoxy) is 1. The van der Waals surface area contributed by atoms with E-state index in [1.807, 2.05) is 78.9 Å². The third-order valence-corrected chi connectivity index (χ3v) is 7.01. The van der Waals surface area contributed by atoms with Gasteiger partial charge in [0.2, 0.25) is 0 Å². The molecule has 174 valence electrons. The minimum absolute atomic E-state index is 0.211. The molecule has 0 spiro atoms. The van der Waals surface area contributed by atoms with Crippen LogP contribution in [0.15, 0.2) is 100 Å². The van der Waals surface area contributed by atoms with E-state index in [-0.39, 0.29) is 12.2 Å². The minimum Gasteiger partial charge on any atom is -0.463 e. The summed E-state index contributed by atoms with van der Waals surface area (Å²) in [6, 6.07) is 25.6. The van der Waals surface area contributed by atoms with Gasteiger partial charge in [0.05, 0.1) is 28.5 Å². The van der Waals surface area contributed by atoms with Crippen molar-refractivity contribution in [3.63, 3.8) is 0 Å². The fourth-order valence-electron chi connectivity index (χ4n) is 4.12. The third-order valence-electron chi connectivity index (χ3n) is 5.68. The molecule has 1 atom stereocenters. The maximum Gasteiger partial charge on any atom is 0.338 e. The maximum absolute atomic E-state index is 13.7. The zero-order valence-corrected chi connectivity index (χ0v) is 20.4. The predicted octanol–water partition coefficient (Wildman–Crippen LogP) is 4.59. The molecule has 0 saturated carbocycles. The van der Waals surface area contributed by atoms with Gasteiger partial charge in [-0.3, -0.25) is 9.36 Å². The number of hydrogen-bond acceptors (Lipinski definition) is 5. The van der Waals surface area contributed by atoms with Gasteiger partial charge in [-0.05, 0) is 30.2 Å². The Hall–Kier alpha value is -3.74. The summed E-state index contributed by atoms with van der Waals surface area (Å²) in [5, 5.41) is 0.551. The van der Waals surface area contributed by atoms with Gasteiger partial charge >= 0.3 is 5.97 Å². The van der Waals surface area contributed by atoms with Crippen molar-refractivity contribution < 1.29 is 9.53 Å². The number of aromatic nitrogens is 1.